The highest BCUT2D eigenvalue weighted by molar-refractivity contribution is 5.81. The second-order valence-corrected chi connectivity index (χ2v) is 7.60. The normalized spacial score (nSPS) is 15.0. The number of benzene rings is 1. The van der Waals surface area contributed by atoms with Crippen molar-refractivity contribution in [3.63, 3.8) is 0 Å². The molecular weight excluding hydrogens is 318 g/mol. The van der Waals surface area contributed by atoms with Gasteiger partial charge in [-0.1, -0.05) is 25.1 Å². The van der Waals surface area contributed by atoms with Crippen LogP contribution in [0.2, 0.25) is 0 Å². The van der Waals surface area contributed by atoms with E-state index in [-0.39, 0.29) is 12.0 Å². The molecule has 3 atom stereocenters. The van der Waals surface area contributed by atoms with Gasteiger partial charge in [0.15, 0.2) is 0 Å². The molecular formula is C20H31NO4. The Morgan fingerprint density at radius 2 is 1.56 bits per heavy atom. The van der Waals surface area contributed by atoms with E-state index in [0.29, 0.717) is 0 Å². The van der Waals surface area contributed by atoms with Crippen LogP contribution in [0.5, 0.6) is 0 Å². The number of alkyl carbamates (subject to hydrolysis) is 1. The van der Waals surface area contributed by atoms with Crippen molar-refractivity contribution in [3.8, 4) is 0 Å². The number of hydrogen-bond acceptors (Lipinski definition) is 4. The van der Waals surface area contributed by atoms with Gasteiger partial charge in [0, 0.05) is 5.92 Å². The average molecular weight is 349 g/mol. The minimum absolute atomic E-state index is 0.0545. The summed E-state index contributed by atoms with van der Waals surface area (Å²) in [7, 11) is 0. The first-order valence-electron chi connectivity index (χ1n) is 8.68. The largest absolute Gasteiger partial charge is 0.461 e. The van der Waals surface area contributed by atoms with E-state index in [0.717, 1.165) is 0 Å². The Labute approximate surface area is 151 Å². The number of aryl methyl sites for hydroxylation is 2. The van der Waals surface area contributed by atoms with Gasteiger partial charge >= 0.3 is 12.1 Å². The maximum atomic E-state index is 12.3. The van der Waals surface area contributed by atoms with Crippen molar-refractivity contribution in [2.75, 3.05) is 0 Å². The van der Waals surface area contributed by atoms with E-state index >= 15 is 0 Å². The summed E-state index contributed by atoms with van der Waals surface area (Å²) in [5.74, 6) is -0.421. The predicted molar refractivity (Wildman–Crippen MR) is 98.7 cm³/mol. The van der Waals surface area contributed by atoms with Gasteiger partial charge in [-0.25, -0.2) is 9.59 Å². The number of hydrogen-bond donors (Lipinski definition) is 1. The van der Waals surface area contributed by atoms with Crippen molar-refractivity contribution in [1.29, 1.82) is 0 Å². The number of rotatable bonds is 5. The zero-order chi connectivity index (χ0) is 19.4. The molecule has 0 aliphatic heterocycles. The Morgan fingerprint density at radius 1 is 1.04 bits per heavy atom. The van der Waals surface area contributed by atoms with Crippen molar-refractivity contribution in [2.45, 2.75) is 79.1 Å². The van der Waals surface area contributed by atoms with Crippen LogP contribution in [0.15, 0.2) is 18.2 Å². The summed E-state index contributed by atoms with van der Waals surface area (Å²) in [5, 5.41) is 2.51. The third-order valence-corrected chi connectivity index (χ3v) is 4.09. The molecule has 5 nitrogen and oxygen atoms in total. The quantitative estimate of drug-likeness (QED) is 0.807. The lowest BCUT2D eigenvalue weighted by Gasteiger charge is -2.26. The molecule has 0 radical (unpaired) electrons. The zero-order valence-electron chi connectivity index (χ0n) is 16.6. The van der Waals surface area contributed by atoms with Crippen molar-refractivity contribution in [2.24, 2.45) is 0 Å². The van der Waals surface area contributed by atoms with Gasteiger partial charge in [0.05, 0.1) is 0 Å². The second-order valence-electron chi connectivity index (χ2n) is 7.60. The molecule has 1 aromatic carbocycles. The van der Waals surface area contributed by atoms with Crippen LogP contribution in [0.25, 0.3) is 0 Å². The molecule has 0 saturated heterocycles. The molecule has 140 valence electrons. The Kier molecular flexibility index (Phi) is 7.03. The van der Waals surface area contributed by atoms with Crippen LogP contribution >= 0.6 is 0 Å². The van der Waals surface area contributed by atoms with Crippen molar-refractivity contribution in [1.82, 2.24) is 5.32 Å². The van der Waals surface area contributed by atoms with Crippen LogP contribution in [0.4, 0.5) is 4.79 Å². The first-order valence-corrected chi connectivity index (χ1v) is 8.68. The predicted octanol–water partition coefficient (Wildman–Crippen LogP) is 4.25. The van der Waals surface area contributed by atoms with Gasteiger partial charge in [-0.15, -0.1) is 0 Å². The Bertz CT molecular complexity index is 598. The van der Waals surface area contributed by atoms with E-state index in [1.165, 1.54) is 16.7 Å². The maximum Gasteiger partial charge on any atom is 0.408 e. The van der Waals surface area contributed by atoms with E-state index in [9.17, 15) is 9.59 Å². The number of carbonyl (C=O) groups excluding carboxylic acids is 2. The minimum Gasteiger partial charge on any atom is -0.461 e. The first-order chi connectivity index (χ1) is 11.4. The molecule has 5 heteroatoms. The highest BCUT2D eigenvalue weighted by Gasteiger charge is 2.26. The van der Waals surface area contributed by atoms with Crippen LogP contribution in [-0.4, -0.2) is 29.8 Å². The van der Waals surface area contributed by atoms with E-state index < -0.39 is 23.7 Å². The van der Waals surface area contributed by atoms with Crippen molar-refractivity contribution >= 4 is 12.1 Å². The van der Waals surface area contributed by atoms with Crippen molar-refractivity contribution < 1.29 is 19.1 Å². The topological polar surface area (TPSA) is 64.6 Å². The fourth-order valence-corrected chi connectivity index (χ4v) is 2.71. The number of nitrogens with one attached hydrogen (secondary N) is 1. The molecule has 1 aromatic rings. The average Bonchev–Trinajstić information content (AvgIpc) is 2.44. The van der Waals surface area contributed by atoms with Gasteiger partial charge in [-0.05, 0) is 65.2 Å². The number of ether oxygens (including phenoxy) is 2. The molecule has 0 aromatic heterocycles. The van der Waals surface area contributed by atoms with E-state index in [2.05, 4.69) is 31.3 Å². The Morgan fingerprint density at radius 3 is 2.04 bits per heavy atom. The smallest absolute Gasteiger partial charge is 0.408 e. The van der Waals surface area contributed by atoms with Gasteiger partial charge in [-0.2, -0.15) is 0 Å². The highest BCUT2D eigenvalue weighted by atomic mass is 16.6. The summed E-state index contributed by atoms with van der Waals surface area (Å²) in [5.41, 5.74) is 2.93. The summed E-state index contributed by atoms with van der Waals surface area (Å²) >= 11 is 0. The van der Waals surface area contributed by atoms with E-state index in [4.69, 9.17) is 9.47 Å². The molecule has 0 spiro atoms. The first kappa shape index (κ1) is 21.0. The highest BCUT2D eigenvalue weighted by Crippen LogP contribution is 2.27. The van der Waals surface area contributed by atoms with Gasteiger partial charge in [0.2, 0.25) is 0 Å². The van der Waals surface area contributed by atoms with Crippen LogP contribution in [-0.2, 0) is 14.3 Å². The van der Waals surface area contributed by atoms with Crippen LogP contribution < -0.4 is 5.32 Å². The Balaban J connectivity index is 2.68. The van der Waals surface area contributed by atoms with Gasteiger partial charge in [0.1, 0.15) is 17.7 Å². The molecule has 0 saturated carbocycles. The minimum atomic E-state index is -0.775. The monoisotopic (exact) mass is 349 g/mol. The lowest BCUT2D eigenvalue weighted by atomic mass is 9.89. The summed E-state index contributed by atoms with van der Waals surface area (Å²) in [6.45, 7) is 14.9. The second kappa shape index (κ2) is 8.37. The Hall–Kier alpha value is -2.04. The van der Waals surface area contributed by atoms with Crippen LogP contribution in [0.1, 0.15) is 64.2 Å². The van der Waals surface area contributed by atoms with Crippen LogP contribution in [0.3, 0.4) is 0 Å². The molecule has 0 aliphatic carbocycles. The molecule has 0 fully saturated rings. The third kappa shape index (κ3) is 6.40. The van der Waals surface area contributed by atoms with E-state index in [1.54, 1.807) is 27.7 Å². The van der Waals surface area contributed by atoms with Gasteiger partial charge in [0.25, 0.3) is 0 Å². The molecule has 1 N–H and O–H groups in total. The number of amides is 1. The standard InChI is InChI=1S/C20H31NO4/c1-12-10-9-11-13(2)17(12)14(3)16(5)24-18(22)15(4)21-19(23)25-20(6,7)8/h9-11,14-16H,1-8H3,(H,21,23)/t14-,15-,16+/m0/s1. The molecule has 1 rings (SSSR count). The fourth-order valence-electron chi connectivity index (χ4n) is 2.71. The van der Waals surface area contributed by atoms with Gasteiger partial charge in [-0.3, -0.25) is 0 Å². The lowest BCUT2D eigenvalue weighted by Crippen LogP contribution is -2.43. The molecule has 0 aliphatic rings. The summed E-state index contributed by atoms with van der Waals surface area (Å²) in [6.07, 6.45) is -0.942. The summed E-state index contributed by atoms with van der Waals surface area (Å²) < 4.78 is 10.7. The number of carbonyl (C=O) groups is 2. The SMILES string of the molecule is Cc1cccc(C)c1[C@@H](C)[C@@H](C)OC(=O)[C@H](C)NC(=O)OC(C)(C)C. The lowest BCUT2D eigenvalue weighted by molar-refractivity contribution is -0.151. The van der Waals surface area contributed by atoms with Crippen LogP contribution in [0, 0.1) is 13.8 Å². The maximum absolute atomic E-state index is 12.3. The molecule has 0 unspecified atom stereocenters. The zero-order valence-corrected chi connectivity index (χ0v) is 16.6. The molecule has 0 heterocycles. The van der Waals surface area contributed by atoms with Gasteiger partial charge < -0.3 is 14.8 Å². The molecule has 1 amide bonds. The summed E-state index contributed by atoms with van der Waals surface area (Å²) in [6, 6.07) is 5.35. The van der Waals surface area contributed by atoms with Crippen molar-refractivity contribution in [3.05, 3.63) is 34.9 Å². The fraction of sp³-hybridized carbons (Fsp3) is 0.600. The molecule has 25 heavy (non-hydrogen) atoms. The summed E-state index contributed by atoms with van der Waals surface area (Å²) in [4.78, 5) is 24.0. The van der Waals surface area contributed by atoms with E-state index in [1.807, 2.05) is 19.9 Å². The third-order valence-electron chi connectivity index (χ3n) is 4.09. The number of esters is 1. The molecule has 0 bridgehead atoms.